The first-order valence-electron chi connectivity index (χ1n) is 7.22. The van der Waals surface area contributed by atoms with E-state index in [1.165, 1.54) is 7.11 Å². The second kappa shape index (κ2) is 8.54. The first-order valence-corrected chi connectivity index (χ1v) is 7.22. The van der Waals surface area contributed by atoms with Gasteiger partial charge in [0.15, 0.2) is 0 Å². The average molecular weight is 310 g/mol. The smallest absolute Gasteiger partial charge is 0.334 e. The lowest BCUT2D eigenvalue weighted by atomic mass is 10.1. The van der Waals surface area contributed by atoms with E-state index in [2.05, 4.69) is 4.74 Å². The van der Waals surface area contributed by atoms with Gasteiger partial charge in [0, 0.05) is 5.57 Å². The Balaban J connectivity index is 2.11. The minimum absolute atomic E-state index is 0.126. The highest BCUT2D eigenvalue weighted by Crippen LogP contribution is 2.14. The van der Waals surface area contributed by atoms with Crippen LogP contribution in [0.1, 0.15) is 17.5 Å². The molecule has 0 heterocycles. The second-order valence-corrected chi connectivity index (χ2v) is 4.89. The van der Waals surface area contributed by atoms with Crippen molar-refractivity contribution in [1.29, 1.82) is 0 Å². The molecule has 0 radical (unpaired) electrons. The number of hydrogen-bond acceptors (Lipinski definition) is 4. The average Bonchev–Trinajstić information content (AvgIpc) is 2.60. The standard InChI is InChI=1S/C19H18O4/c1-22-18(20)13-17(12-15-8-4-2-5-9-15)19(21)23-14-16-10-6-3-7-11-16/h2-12H,13-14H2,1H3/b17-12+. The number of benzene rings is 2. The maximum atomic E-state index is 12.3. The molecule has 0 aliphatic heterocycles. The van der Waals surface area contributed by atoms with Gasteiger partial charge >= 0.3 is 11.9 Å². The Morgan fingerprint density at radius 2 is 1.57 bits per heavy atom. The Kier molecular flexibility index (Phi) is 6.12. The molecule has 0 saturated carbocycles. The zero-order chi connectivity index (χ0) is 16.5. The number of hydrogen-bond donors (Lipinski definition) is 0. The lowest BCUT2D eigenvalue weighted by Gasteiger charge is -2.08. The van der Waals surface area contributed by atoms with Crippen LogP contribution < -0.4 is 0 Å². The van der Waals surface area contributed by atoms with Crippen LogP contribution in [0.5, 0.6) is 0 Å². The molecule has 0 N–H and O–H groups in total. The summed E-state index contributed by atoms with van der Waals surface area (Å²) in [5.41, 5.74) is 1.97. The highest BCUT2D eigenvalue weighted by molar-refractivity contribution is 5.98. The van der Waals surface area contributed by atoms with Gasteiger partial charge in [-0.05, 0) is 17.2 Å². The van der Waals surface area contributed by atoms with Crippen LogP contribution >= 0.6 is 0 Å². The van der Waals surface area contributed by atoms with E-state index in [-0.39, 0.29) is 18.6 Å². The summed E-state index contributed by atoms with van der Waals surface area (Å²) in [5, 5.41) is 0. The van der Waals surface area contributed by atoms with Gasteiger partial charge in [-0.3, -0.25) is 4.79 Å². The lowest BCUT2D eigenvalue weighted by Crippen LogP contribution is -2.12. The number of rotatable bonds is 6. The lowest BCUT2D eigenvalue weighted by molar-refractivity contribution is -0.145. The summed E-state index contributed by atoms with van der Waals surface area (Å²) in [5.74, 6) is -1.01. The van der Waals surface area contributed by atoms with Gasteiger partial charge in [-0.25, -0.2) is 4.79 Å². The van der Waals surface area contributed by atoms with Gasteiger partial charge in [0.1, 0.15) is 6.61 Å². The molecule has 0 atom stereocenters. The zero-order valence-electron chi connectivity index (χ0n) is 12.9. The van der Waals surface area contributed by atoms with E-state index in [4.69, 9.17) is 4.74 Å². The quantitative estimate of drug-likeness (QED) is 0.606. The number of esters is 2. The summed E-state index contributed by atoms with van der Waals surface area (Å²) in [6.07, 6.45) is 1.52. The van der Waals surface area contributed by atoms with Crippen LogP contribution in [-0.2, 0) is 25.7 Å². The fraction of sp³-hybridized carbons (Fsp3) is 0.158. The van der Waals surface area contributed by atoms with Crippen molar-refractivity contribution in [2.45, 2.75) is 13.0 Å². The molecule has 4 nitrogen and oxygen atoms in total. The van der Waals surface area contributed by atoms with Crippen LogP contribution in [0, 0.1) is 0 Å². The molecule has 0 unspecified atom stereocenters. The molecular formula is C19H18O4. The molecule has 2 aromatic rings. The van der Waals surface area contributed by atoms with Crippen LogP contribution in [0.4, 0.5) is 0 Å². The van der Waals surface area contributed by atoms with Crippen LogP contribution in [0.25, 0.3) is 6.08 Å². The predicted molar refractivity (Wildman–Crippen MR) is 87.3 cm³/mol. The minimum atomic E-state index is -0.525. The van der Waals surface area contributed by atoms with Crippen LogP contribution in [0.15, 0.2) is 66.2 Å². The summed E-state index contributed by atoms with van der Waals surface area (Å²) in [7, 11) is 1.29. The van der Waals surface area contributed by atoms with Crippen molar-refractivity contribution in [1.82, 2.24) is 0 Å². The molecule has 0 amide bonds. The van der Waals surface area contributed by atoms with Crippen molar-refractivity contribution in [3.8, 4) is 0 Å². The van der Waals surface area contributed by atoms with Gasteiger partial charge in [0.2, 0.25) is 0 Å². The van der Waals surface area contributed by atoms with E-state index in [9.17, 15) is 9.59 Å². The zero-order valence-corrected chi connectivity index (χ0v) is 12.9. The molecule has 0 bridgehead atoms. The summed E-state index contributed by atoms with van der Waals surface area (Å²) in [4.78, 5) is 23.8. The molecule has 2 rings (SSSR count). The van der Waals surface area contributed by atoms with Gasteiger partial charge in [0.25, 0.3) is 0 Å². The highest BCUT2D eigenvalue weighted by atomic mass is 16.5. The number of carbonyl (C=O) groups excluding carboxylic acids is 2. The molecule has 0 spiro atoms. The Labute approximate surface area is 135 Å². The van der Waals surface area contributed by atoms with E-state index in [1.54, 1.807) is 6.08 Å². The van der Waals surface area contributed by atoms with E-state index in [1.807, 2.05) is 60.7 Å². The number of carbonyl (C=O) groups is 2. The van der Waals surface area contributed by atoms with Gasteiger partial charge in [-0.1, -0.05) is 60.7 Å². The van der Waals surface area contributed by atoms with E-state index in [0.29, 0.717) is 0 Å². The molecular weight excluding hydrogens is 292 g/mol. The van der Waals surface area contributed by atoms with E-state index >= 15 is 0 Å². The second-order valence-electron chi connectivity index (χ2n) is 4.89. The van der Waals surface area contributed by atoms with Crippen LogP contribution in [0.2, 0.25) is 0 Å². The fourth-order valence-electron chi connectivity index (χ4n) is 1.98. The van der Waals surface area contributed by atoms with Crippen molar-refractivity contribution < 1.29 is 19.1 Å². The normalized spacial score (nSPS) is 10.9. The fourth-order valence-corrected chi connectivity index (χ4v) is 1.98. The van der Waals surface area contributed by atoms with Gasteiger partial charge in [-0.2, -0.15) is 0 Å². The monoisotopic (exact) mass is 310 g/mol. The van der Waals surface area contributed by atoms with Crippen molar-refractivity contribution in [2.24, 2.45) is 0 Å². The SMILES string of the molecule is COC(=O)C/C(=C\c1ccccc1)C(=O)OCc1ccccc1. The van der Waals surface area contributed by atoms with Crippen molar-refractivity contribution in [3.05, 3.63) is 77.4 Å². The summed E-state index contributed by atoms with van der Waals surface area (Å²) in [6, 6.07) is 18.7. The molecule has 4 heteroatoms. The predicted octanol–water partition coefficient (Wildman–Crippen LogP) is 3.38. The Hall–Kier alpha value is -2.88. The maximum absolute atomic E-state index is 12.3. The molecule has 2 aromatic carbocycles. The summed E-state index contributed by atoms with van der Waals surface area (Å²) >= 11 is 0. The Morgan fingerprint density at radius 3 is 2.17 bits per heavy atom. The summed E-state index contributed by atoms with van der Waals surface area (Å²) < 4.78 is 9.94. The van der Waals surface area contributed by atoms with E-state index < -0.39 is 11.9 Å². The molecule has 0 aliphatic carbocycles. The Morgan fingerprint density at radius 1 is 0.957 bits per heavy atom. The third-order valence-corrected chi connectivity index (χ3v) is 3.18. The topological polar surface area (TPSA) is 52.6 Å². The third kappa shape index (κ3) is 5.43. The van der Waals surface area contributed by atoms with Crippen molar-refractivity contribution in [2.75, 3.05) is 7.11 Å². The maximum Gasteiger partial charge on any atom is 0.334 e. The van der Waals surface area contributed by atoms with Crippen molar-refractivity contribution >= 4 is 18.0 Å². The number of methoxy groups -OCH3 is 1. The molecule has 0 aromatic heterocycles. The minimum Gasteiger partial charge on any atom is -0.469 e. The molecule has 0 fully saturated rings. The molecule has 0 saturated heterocycles. The van der Waals surface area contributed by atoms with Gasteiger partial charge < -0.3 is 9.47 Å². The van der Waals surface area contributed by atoms with Crippen LogP contribution in [0.3, 0.4) is 0 Å². The largest absolute Gasteiger partial charge is 0.469 e. The third-order valence-electron chi connectivity index (χ3n) is 3.18. The molecule has 23 heavy (non-hydrogen) atoms. The van der Waals surface area contributed by atoms with Gasteiger partial charge in [-0.15, -0.1) is 0 Å². The first kappa shape index (κ1) is 16.5. The van der Waals surface area contributed by atoms with Gasteiger partial charge in [0.05, 0.1) is 13.5 Å². The molecule has 118 valence electrons. The summed E-state index contributed by atoms with van der Waals surface area (Å²) in [6.45, 7) is 0.160. The number of ether oxygens (including phenoxy) is 2. The first-order chi connectivity index (χ1) is 11.2. The molecule has 0 aliphatic rings. The van der Waals surface area contributed by atoms with Crippen LogP contribution in [-0.4, -0.2) is 19.0 Å². The highest BCUT2D eigenvalue weighted by Gasteiger charge is 2.16. The van der Waals surface area contributed by atoms with Crippen molar-refractivity contribution in [3.63, 3.8) is 0 Å². The van der Waals surface area contributed by atoms with E-state index in [0.717, 1.165) is 11.1 Å². The Bertz CT molecular complexity index is 675.